The third-order valence-corrected chi connectivity index (χ3v) is 3.21. The summed E-state index contributed by atoms with van der Waals surface area (Å²) in [6, 6.07) is 7.43. The van der Waals surface area contributed by atoms with Crippen molar-refractivity contribution in [1.82, 2.24) is 14.8 Å². The number of aryl methyl sites for hydroxylation is 1. The Bertz CT molecular complexity index is 595. The number of nitrogens with zero attached hydrogens (tertiary/aromatic N) is 3. The fraction of sp³-hybridized carbons (Fsp3) is 0.357. The highest BCUT2D eigenvalue weighted by molar-refractivity contribution is 7.79. The average molecular weight is 275 g/mol. The molecule has 0 saturated carbocycles. The second kappa shape index (κ2) is 6.52. The summed E-state index contributed by atoms with van der Waals surface area (Å²) < 4.78 is 1.53. The Morgan fingerprint density at radius 3 is 2.79 bits per heavy atom. The van der Waals surface area contributed by atoms with E-state index in [-0.39, 0.29) is 5.56 Å². The van der Waals surface area contributed by atoms with Crippen LogP contribution in [-0.4, -0.2) is 14.8 Å². The van der Waals surface area contributed by atoms with Crippen molar-refractivity contribution < 1.29 is 0 Å². The normalized spacial score (nSPS) is 10.6. The molecule has 5 heteroatoms. The van der Waals surface area contributed by atoms with Crippen LogP contribution in [0.5, 0.6) is 0 Å². The maximum absolute atomic E-state index is 12.1. The van der Waals surface area contributed by atoms with Gasteiger partial charge in [-0.2, -0.15) is 17.7 Å². The molecule has 2 rings (SSSR count). The summed E-state index contributed by atoms with van der Waals surface area (Å²) in [6.45, 7) is 2.73. The van der Waals surface area contributed by atoms with Gasteiger partial charge in [0.25, 0.3) is 5.56 Å². The van der Waals surface area contributed by atoms with Gasteiger partial charge in [-0.05, 0) is 24.6 Å². The van der Waals surface area contributed by atoms with Crippen LogP contribution in [0.3, 0.4) is 0 Å². The molecule has 0 saturated heterocycles. The van der Waals surface area contributed by atoms with Crippen LogP contribution < -0.4 is 5.56 Å². The molecule has 0 aliphatic carbocycles. The zero-order valence-corrected chi connectivity index (χ0v) is 11.8. The molecule has 0 amide bonds. The first-order valence-electron chi connectivity index (χ1n) is 6.39. The Morgan fingerprint density at radius 2 is 2.16 bits per heavy atom. The van der Waals surface area contributed by atoms with E-state index in [0.29, 0.717) is 17.9 Å². The van der Waals surface area contributed by atoms with Gasteiger partial charge in [-0.25, -0.2) is 4.68 Å². The van der Waals surface area contributed by atoms with E-state index in [9.17, 15) is 4.79 Å². The molecule has 2 aromatic rings. The van der Waals surface area contributed by atoms with Gasteiger partial charge in [-0.3, -0.25) is 9.78 Å². The summed E-state index contributed by atoms with van der Waals surface area (Å²) in [5, 5.41) is 4.40. The lowest BCUT2D eigenvalue weighted by Gasteiger charge is -2.08. The molecule has 0 radical (unpaired) electrons. The first-order valence-corrected chi connectivity index (χ1v) is 7.02. The monoisotopic (exact) mass is 275 g/mol. The van der Waals surface area contributed by atoms with Crippen LogP contribution in [0, 0.1) is 0 Å². The molecule has 0 aromatic carbocycles. The van der Waals surface area contributed by atoms with Gasteiger partial charge in [0.2, 0.25) is 0 Å². The summed E-state index contributed by atoms with van der Waals surface area (Å²) in [7, 11) is 0. The standard InChI is InChI=1S/C14H17N3OS/c1-2-3-8-17-14(18)11(10-19)9-13(16-17)12-6-4-5-7-15-12/h4-7,9,19H,2-3,8,10H2,1H3. The van der Waals surface area contributed by atoms with E-state index in [1.807, 2.05) is 18.2 Å². The van der Waals surface area contributed by atoms with Crippen LogP contribution in [0.4, 0.5) is 0 Å². The summed E-state index contributed by atoms with van der Waals surface area (Å²) >= 11 is 4.22. The maximum atomic E-state index is 12.1. The molecule has 0 aliphatic heterocycles. The molecule has 0 unspecified atom stereocenters. The number of aromatic nitrogens is 3. The van der Waals surface area contributed by atoms with Crippen LogP contribution >= 0.6 is 12.6 Å². The van der Waals surface area contributed by atoms with Crippen LogP contribution in [0.25, 0.3) is 11.4 Å². The lowest BCUT2D eigenvalue weighted by atomic mass is 10.2. The minimum absolute atomic E-state index is 0.0527. The number of hydrogen-bond donors (Lipinski definition) is 1. The van der Waals surface area contributed by atoms with Crippen molar-refractivity contribution >= 4 is 12.6 Å². The Labute approximate surface area is 117 Å². The zero-order chi connectivity index (χ0) is 13.7. The van der Waals surface area contributed by atoms with Crippen molar-refractivity contribution in [1.29, 1.82) is 0 Å². The first-order chi connectivity index (χ1) is 9.26. The highest BCUT2D eigenvalue weighted by atomic mass is 32.1. The molecule has 0 spiro atoms. The predicted octanol–water partition coefficient (Wildman–Crippen LogP) is 2.54. The fourth-order valence-electron chi connectivity index (χ4n) is 1.81. The molecule has 0 bridgehead atoms. The van der Waals surface area contributed by atoms with Gasteiger partial charge < -0.3 is 0 Å². The molecule has 0 fully saturated rings. The van der Waals surface area contributed by atoms with Crippen LogP contribution in [-0.2, 0) is 12.3 Å². The highest BCUT2D eigenvalue weighted by Crippen LogP contribution is 2.13. The molecular weight excluding hydrogens is 258 g/mol. The van der Waals surface area contributed by atoms with Gasteiger partial charge in [0.1, 0.15) is 5.69 Å². The van der Waals surface area contributed by atoms with Gasteiger partial charge >= 0.3 is 0 Å². The van der Waals surface area contributed by atoms with Gasteiger partial charge in [-0.15, -0.1) is 0 Å². The van der Waals surface area contributed by atoms with Gasteiger partial charge in [0.05, 0.1) is 5.69 Å². The molecule has 100 valence electrons. The predicted molar refractivity (Wildman–Crippen MR) is 79.3 cm³/mol. The van der Waals surface area contributed by atoms with E-state index < -0.39 is 0 Å². The van der Waals surface area contributed by atoms with Crippen LogP contribution in [0.1, 0.15) is 25.3 Å². The Balaban J connectivity index is 2.48. The summed E-state index contributed by atoms with van der Waals surface area (Å²) in [6.07, 6.45) is 3.68. The molecular formula is C14H17N3OS. The van der Waals surface area contributed by atoms with E-state index in [0.717, 1.165) is 24.2 Å². The van der Waals surface area contributed by atoms with Crippen molar-refractivity contribution in [2.45, 2.75) is 32.1 Å². The van der Waals surface area contributed by atoms with E-state index in [1.54, 1.807) is 12.3 Å². The summed E-state index contributed by atoms with van der Waals surface area (Å²) in [5.41, 5.74) is 2.11. The molecule has 0 N–H and O–H groups in total. The third-order valence-electron chi connectivity index (χ3n) is 2.87. The van der Waals surface area contributed by atoms with E-state index in [4.69, 9.17) is 0 Å². The van der Waals surface area contributed by atoms with Crippen LogP contribution in [0.15, 0.2) is 35.3 Å². The number of unbranched alkanes of at least 4 members (excludes halogenated alkanes) is 1. The zero-order valence-electron chi connectivity index (χ0n) is 10.9. The second-order valence-electron chi connectivity index (χ2n) is 4.31. The van der Waals surface area contributed by atoms with Crippen LogP contribution in [0.2, 0.25) is 0 Å². The van der Waals surface area contributed by atoms with Gasteiger partial charge in [0, 0.05) is 24.1 Å². The lowest BCUT2D eigenvalue weighted by molar-refractivity contribution is 0.542. The maximum Gasteiger partial charge on any atom is 0.270 e. The van der Waals surface area contributed by atoms with Crippen molar-refractivity contribution in [3.8, 4) is 11.4 Å². The van der Waals surface area contributed by atoms with Gasteiger partial charge in [0.15, 0.2) is 0 Å². The van der Waals surface area contributed by atoms with Crippen molar-refractivity contribution in [2.24, 2.45) is 0 Å². The lowest BCUT2D eigenvalue weighted by Crippen LogP contribution is -2.26. The average Bonchev–Trinajstić information content (AvgIpc) is 2.47. The van der Waals surface area contributed by atoms with E-state index in [1.165, 1.54) is 4.68 Å². The number of rotatable bonds is 5. The van der Waals surface area contributed by atoms with Gasteiger partial charge in [-0.1, -0.05) is 19.4 Å². The number of thiol groups is 1. The second-order valence-corrected chi connectivity index (χ2v) is 4.63. The fourth-order valence-corrected chi connectivity index (χ4v) is 2.04. The minimum atomic E-state index is -0.0527. The Morgan fingerprint density at radius 1 is 1.32 bits per heavy atom. The van der Waals surface area contributed by atoms with E-state index >= 15 is 0 Å². The van der Waals surface area contributed by atoms with Crippen molar-refractivity contribution in [2.75, 3.05) is 0 Å². The summed E-state index contributed by atoms with van der Waals surface area (Å²) in [5.74, 6) is 0.410. The topological polar surface area (TPSA) is 47.8 Å². The quantitative estimate of drug-likeness (QED) is 0.853. The Hall–Kier alpha value is -1.62. The van der Waals surface area contributed by atoms with E-state index in [2.05, 4.69) is 29.6 Å². The molecule has 0 atom stereocenters. The smallest absolute Gasteiger partial charge is 0.267 e. The molecule has 19 heavy (non-hydrogen) atoms. The Kier molecular flexibility index (Phi) is 4.74. The minimum Gasteiger partial charge on any atom is -0.267 e. The highest BCUT2D eigenvalue weighted by Gasteiger charge is 2.09. The van der Waals surface area contributed by atoms with Crippen molar-refractivity contribution in [3.05, 3.63) is 46.4 Å². The first kappa shape index (κ1) is 13.8. The molecule has 2 heterocycles. The molecule has 0 aliphatic rings. The largest absolute Gasteiger partial charge is 0.270 e. The molecule has 2 aromatic heterocycles. The number of hydrogen-bond acceptors (Lipinski definition) is 4. The third kappa shape index (κ3) is 3.23. The number of pyridine rings is 1. The SMILES string of the molecule is CCCCn1nc(-c2ccccn2)cc(CS)c1=O. The summed E-state index contributed by atoms with van der Waals surface area (Å²) in [4.78, 5) is 16.4. The van der Waals surface area contributed by atoms with Crippen molar-refractivity contribution in [3.63, 3.8) is 0 Å². The molecule has 4 nitrogen and oxygen atoms in total.